The van der Waals surface area contributed by atoms with Crippen molar-refractivity contribution in [2.24, 2.45) is 7.05 Å². The van der Waals surface area contributed by atoms with E-state index in [-0.39, 0.29) is 0 Å². The van der Waals surface area contributed by atoms with E-state index < -0.39 is 0 Å². The van der Waals surface area contributed by atoms with Crippen molar-refractivity contribution >= 4 is 11.6 Å². The number of halogens is 1. The van der Waals surface area contributed by atoms with E-state index in [4.69, 9.17) is 16.3 Å². The predicted molar refractivity (Wildman–Crippen MR) is 80.9 cm³/mol. The third-order valence-corrected chi connectivity index (χ3v) is 2.96. The smallest absolute Gasteiger partial charge is 0.132 e. The van der Waals surface area contributed by atoms with Gasteiger partial charge in [-0.2, -0.15) is 5.10 Å². The van der Waals surface area contributed by atoms with Crippen LogP contribution >= 0.6 is 11.6 Å². The van der Waals surface area contributed by atoms with E-state index in [9.17, 15) is 0 Å². The summed E-state index contributed by atoms with van der Waals surface area (Å²) >= 11 is 5.60. The summed E-state index contributed by atoms with van der Waals surface area (Å²) in [7, 11) is 1.89. The van der Waals surface area contributed by atoms with Gasteiger partial charge >= 0.3 is 0 Å². The van der Waals surface area contributed by atoms with E-state index in [1.807, 2.05) is 44.4 Å². The fourth-order valence-corrected chi connectivity index (χ4v) is 1.89. The Kier molecular flexibility index (Phi) is 5.09. The first-order valence-corrected chi connectivity index (χ1v) is 6.99. The van der Waals surface area contributed by atoms with Crippen LogP contribution in [0.3, 0.4) is 0 Å². The summed E-state index contributed by atoms with van der Waals surface area (Å²) in [4.78, 5) is 0. The molecule has 0 N–H and O–H groups in total. The quantitative estimate of drug-likeness (QED) is 0.638. The first-order chi connectivity index (χ1) is 9.69. The Morgan fingerprint density at radius 1 is 1.35 bits per heavy atom. The van der Waals surface area contributed by atoms with Crippen LogP contribution < -0.4 is 4.74 Å². The molecule has 0 fully saturated rings. The molecular weight excluding hydrogens is 272 g/mol. The van der Waals surface area contributed by atoms with Crippen LogP contribution in [0.2, 0.25) is 0 Å². The number of alkyl halides is 1. The van der Waals surface area contributed by atoms with E-state index in [1.54, 1.807) is 4.68 Å². The zero-order valence-electron chi connectivity index (χ0n) is 11.7. The van der Waals surface area contributed by atoms with Gasteiger partial charge in [-0.1, -0.05) is 11.8 Å². The van der Waals surface area contributed by atoms with E-state index in [1.165, 1.54) is 0 Å². The summed E-state index contributed by atoms with van der Waals surface area (Å²) < 4.78 is 7.54. The van der Waals surface area contributed by atoms with Crippen molar-refractivity contribution in [3.8, 4) is 17.6 Å². The number of rotatable bonds is 4. The molecule has 0 radical (unpaired) electrons. The number of benzene rings is 1. The van der Waals surface area contributed by atoms with E-state index in [0.29, 0.717) is 18.9 Å². The molecule has 0 spiro atoms. The lowest BCUT2D eigenvalue weighted by atomic mass is 10.1. The van der Waals surface area contributed by atoms with Crippen molar-refractivity contribution in [2.75, 3.05) is 5.88 Å². The van der Waals surface area contributed by atoms with Gasteiger partial charge in [0.15, 0.2) is 0 Å². The Morgan fingerprint density at radius 2 is 2.20 bits per heavy atom. The number of hydrogen-bond acceptors (Lipinski definition) is 2. The minimum atomic E-state index is 0.471. The minimum Gasteiger partial charge on any atom is -0.487 e. The summed E-state index contributed by atoms with van der Waals surface area (Å²) in [5, 5.41) is 4.28. The summed E-state index contributed by atoms with van der Waals surface area (Å²) in [6.45, 7) is 2.49. The lowest BCUT2D eigenvalue weighted by Crippen LogP contribution is -1.99. The Hall–Kier alpha value is -1.92. The van der Waals surface area contributed by atoms with E-state index in [2.05, 4.69) is 16.9 Å². The van der Waals surface area contributed by atoms with Crippen molar-refractivity contribution in [3.05, 3.63) is 47.3 Å². The number of aryl methyl sites for hydroxylation is 2. The molecule has 0 saturated heterocycles. The van der Waals surface area contributed by atoms with E-state index in [0.717, 1.165) is 22.6 Å². The van der Waals surface area contributed by atoms with Crippen LogP contribution in [0, 0.1) is 18.8 Å². The van der Waals surface area contributed by atoms with Crippen LogP contribution in [0.4, 0.5) is 0 Å². The van der Waals surface area contributed by atoms with Crippen LogP contribution in [-0.2, 0) is 13.7 Å². The van der Waals surface area contributed by atoms with Crippen molar-refractivity contribution < 1.29 is 4.74 Å². The molecule has 1 heterocycles. The number of aromatic nitrogens is 2. The highest BCUT2D eigenvalue weighted by atomic mass is 35.5. The molecule has 0 atom stereocenters. The highest BCUT2D eigenvalue weighted by Gasteiger charge is 2.02. The highest BCUT2D eigenvalue weighted by Crippen LogP contribution is 2.19. The summed E-state index contributed by atoms with van der Waals surface area (Å²) in [5.74, 6) is 7.53. The summed E-state index contributed by atoms with van der Waals surface area (Å²) in [6.07, 6.45) is 2.61. The first kappa shape index (κ1) is 14.5. The van der Waals surface area contributed by atoms with Crippen LogP contribution in [0.1, 0.15) is 23.2 Å². The van der Waals surface area contributed by atoms with Gasteiger partial charge in [-0.15, -0.1) is 11.6 Å². The molecule has 0 bridgehead atoms. The largest absolute Gasteiger partial charge is 0.487 e. The van der Waals surface area contributed by atoms with Crippen molar-refractivity contribution in [3.63, 3.8) is 0 Å². The Balaban J connectivity index is 2.01. The average Bonchev–Trinajstić information content (AvgIpc) is 2.84. The maximum Gasteiger partial charge on any atom is 0.132 e. The fraction of sp³-hybridized carbons (Fsp3) is 0.312. The molecule has 1 aromatic heterocycles. The molecule has 0 aliphatic rings. The van der Waals surface area contributed by atoms with Gasteiger partial charge in [-0.05, 0) is 36.8 Å². The molecule has 1 aromatic carbocycles. The molecule has 0 aliphatic heterocycles. The number of hydrogen-bond donors (Lipinski definition) is 0. The second kappa shape index (κ2) is 7.02. The van der Waals surface area contributed by atoms with Gasteiger partial charge in [0.2, 0.25) is 0 Å². The number of ether oxygens (including phenoxy) is 1. The SMILES string of the molecule is Cc1cc(C#CCCCl)ccc1OCc1ccn(C)n1. The molecule has 2 aromatic rings. The maximum atomic E-state index is 5.77. The summed E-state index contributed by atoms with van der Waals surface area (Å²) in [6, 6.07) is 7.88. The van der Waals surface area contributed by atoms with Gasteiger partial charge in [-0.3, -0.25) is 4.68 Å². The van der Waals surface area contributed by atoms with Gasteiger partial charge in [0.1, 0.15) is 12.4 Å². The maximum absolute atomic E-state index is 5.77. The standard InChI is InChI=1S/C16H17ClN2O/c1-13-11-14(5-3-4-9-17)6-7-16(13)20-12-15-8-10-19(2)18-15/h6-8,10-11H,4,9,12H2,1-2H3. The van der Waals surface area contributed by atoms with Gasteiger partial charge in [0.05, 0.1) is 5.69 Å². The topological polar surface area (TPSA) is 27.1 Å². The number of nitrogens with zero attached hydrogens (tertiary/aromatic N) is 2. The molecule has 0 saturated carbocycles. The van der Waals surface area contributed by atoms with Gasteiger partial charge in [0.25, 0.3) is 0 Å². The van der Waals surface area contributed by atoms with Gasteiger partial charge in [-0.25, -0.2) is 0 Å². The second-order valence-electron chi connectivity index (χ2n) is 4.49. The van der Waals surface area contributed by atoms with Crippen LogP contribution in [-0.4, -0.2) is 15.7 Å². The van der Waals surface area contributed by atoms with Crippen molar-refractivity contribution in [2.45, 2.75) is 20.0 Å². The second-order valence-corrected chi connectivity index (χ2v) is 4.87. The molecule has 4 heteroatoms. The minimum absolute atomic E-state index is 0.471. The molecule has 20 heavy (non-hydrogen) atoms. The Bertz CT molecular complexity index is 637. The molecule has 0 amide bonds. The molecule has 2 rings (SSSR count). The average molecular weight is 289 g/mol. The van der Waals surface area contributed by atoms with Gasteiger partial charge in [0, 0.05) is 31.1 Å². The fourth-order valence-electron chi connectivity index (χ4n) is 1.79. The predicted octanol–water partition coefficient (Wildman–Crippen LogP) is 3.29. The van der Waals surface area contributed by atoms with Crippen molar-refractivity contribution in [1.82, 2.24) is 9.78 Å². The third kappa shape index (κ3) is 4.04. The molecule has 0 unspecified atom stereocenters. The van der Waals surface area contributed by atoms with Crippen LogP contribution in [0.25, 0.3) is 0 Å². The molecule has 0 aliphatic carbocycles. The first-order valence-electron chi connectivity index (χ1n) is 6.46. The van der Waals surface area contributed by atoms with Gasteiger partial charge < -0.3 is 4.74 Å². The van der Waals surface area contributed by atoms with Crippen LogP contribution in [0.15, 0.2) is 30.5 Å². The zero-order chi connectivity index (χ0) is 14.4. The van der Waals surface area contributed by atoms with E-state index >= 15 is 0 Å². The Labute approximate surface area is 124 Å². The highest BCUT2D eigenvalue weighted by molar-refractivity contribution is 6.18. The molecular formula is C16H17ClN2O. The Morgan fingerprint density at radius 3 is 2.85 bits per heavy atom. The molecule has 3 nitrogen and oxygen atoms in total. The molecule has 104 valence electrons. The summed E-state index contributed by atoms with van der Waals surface area (Å²) in [5.41, 5.74) is 2.97. The third-order valence-electron chi connectivity index (χ3n) is 2.77. The zero-order valence-corrected chi connectivity index (χ0v) is 12.4. The van der Waals surface area contributed by atoms with Crippen LogP contribution in [0.5, 0.6) is 5.75 Å². The normalized spacial score (nSPS) is 9.95. The van der Waals surface area contributed by atoms with Crippen molar-refractivity contribution in [1.29, 1.82) is 0 Å². The lowest BCUT2D eigenvalue weighted by Gasteiger charge is -2.08. The lowest BCUT2D eigenvalue weighted by molar-refractivity contribution is 0.298. The monoisotopic (exact) mass is 288 g/mol.